The molecule has 0 saturated carbocycles. The molecule has 1 amide bonds. The Kier molecular flexibility index (Phi) is 5.52. The third kappa shape index (κ3) is 4.69. The first-order valence-electron chi connectivity index (χ1n) is 9.76. The van der Waals surface area contributed by atoms with Gasteiger partial charge in [0.1, 0.15) is 18.0 Å². The van der Waals surface area contributed by atoms with E-state index in [1.165, 1.54) is 36.9 Å². The zero-order chi connectivity index (χ0) is 22.9. The van der Waals surface area contributed by atoms with Crippen LogP contribution in [0.2, 0.25) is 0 Å². The summed E-state index contributed by atoms with van der Waals surface area (Å²) in [5.74, 6) is -1.50. The molecule has 0 atom stereocenters. The predicted molar refractivity (Wildman–Crippen MR) is 113 cm³/mol. The Morgan fingerprint density at radius 1 is 1.12 bits per heavy atom. The van der Waals surface area contributed by atoms with Crippen LogP contribution in [0.25, 0.3) is 10.9 Å². The summed E-state index contributed by atoms with van der Waals surface area (Å²) in [6, 6.07) is 5.09. The van der Waals surface area contributed by atoms with Gasteiger partial charge in [-0.25, -0.2) is 18.7 Å². The number of hydrogen-bond donors (Lipinski definition) is 1. The monoisotopic (exact) mass is 438 g/mol. The minimum absolute atomic E-state index is 0.0448. The van der Waals surface area contributed by atoms with E-state index in [2.05, 4.69) is 25.4 Å². The average molecular weight is 438 g/mol. The molecule has 0 saturated heterocycles. The number of carbonyl (C=O) groups is 1. The molecular weight excluding hydrogens is 418 g/mol. The summed E-state index contributed by atoms with van der Waals surface area (Å²) < 4.78 is 35.4. The van der Waals surface area contributed by atoms with Crippen molar-refractivity contribution in [1.82, 2.24) is 24.7 Å². The van der Waals surface area contributed by atoms with Crippen molar-refractivity contribution in [1.29, 1.82) is 0 Å². The van der Waals surface area contributed by atoms with E-state index in [1.54, 1.807) is 10.9 Å². The number of rotatable bonds is 5. The summed E-state index contributed by atoms with van der Waals surface area (Å²) in [4.78, 5) is 24.3. The minimum Gasteiger partial charge on any atom is -0.437 e. The molecule has 0 fully saturated rings. The molecule has 0 aliphatic heterocycles. The van der Waals surface area contributed by atoms with Crippen molar-refractivity contribution < 1.29 is 18.3 Å². The first-order valence-corrected chi connectivity index (χ1v) is 9.76. The first-order chi connectivity index (χ1) is 15.2. The number of ether oxygens (including phenoxy) is 1. The van der Waals surface area contributed by atoms with Gasteiger partial charge >= 0.3 is 0 Å². The fourth-order valence-electron chi connectivity index (χ4n) is 2.94. The summed E-state index contributed by atoms with van der Waals surface area (Å²) in [5, 5.41) is 7.22. The SMILES string of the molecule is CC(C)(C)n1cc(NC(=O)Cc2ncc(Oc3ncnc4ccc(F)cc34)cc2F)cn1. The van der Waals surface area contributed by atoms with Gasteiger partial charge in [-0.05, 0) is 39.0 Å². The lowest BCUT2D eigenvalue weighted by Gasteiger charge is -2.18. The van der Waals surface area contributed by atoms with E-state index in [-0.39, 0.29) is 29.3 Å². The highest BCUT2D eigenvalue weighted by molar-refractivity contribution is 5.91. The topological polar surface area (TPSA) is 94.8 Å². The van der Waals surface area contributed by atoms with Gasteiger partial charge in [0.05, 0.1) is 46.6 Å². The number of carbonyl (C=O) groups excluding carboxylic acids is 1. The highest BCUT2D eigenvalue weighted by Gasteiger charge is 2.17. The van der Waals surface area contributed by atoms with Gasteiger partial charge in [-0.3, -0.25) is 14.5 Å². The van der Waals surface area contributed by atoms with E-state index in [4.69, 9.17) is 4.74 Å². The van der Waals surface area contributed by atoms with E-state index < -0.39 is 17.5 Å². The van der Waals surface area contributed by atoms with Crippen LogP contribution in [0.4, 0.5) is 14.5 Å². The second kappa shape index (κ2) is 8.29. The molecular formula is C22H20F2N6O2. The smallest absolute Gasteiger partial charge is 0.230 e. The number of anilines is 1. The molecule has 1 N–H and O–H groups in total. The second-order valence-corrected chi connectivity index (χ2v) is 8.11. The van der Waals surface area contributed by atoms with Crippen LogP contribution >= 0.6 is 0 Å². The number of pyridine rings is 1. The van der Waals surface area contributed by atoms with Crippen LogP contribution in [0, 0.1) is 11.6 Å². The average Bonchev–Trinajstić information content (AvgIpc) is 3.19. The zero-order valence-electron chi connectivity index (χ0n) is 17.6. The summed E-state index contributed by atoms with van der Waals surface area (Å²) in [5.41, 5.74) is 0.713. The van der Waals surface area contributed by atoms with E-state index in [0.717, 1.165) is 6.07 Å². The number of nitrogens with zero attached hydrogens (tertiary/aromatic N) is 5. The van der Waals surface area contributed by atoms with Crippen LogP contribution in [-0.4, -0.2) is 30.6 Å². The number of benzene rings is 1. The van der Waals surface area contributed by atoms with Gasteiger partial charge in [0.15, 0.2) is 5.75 Å². The highest BCUT2D eigenvalue weighted by atomic mass is 19.1. The van der Waals surface area contributed by atoms with Crippen molar-refractivity contribution in [2.45, 2.75) is 32.7 Å². The molecule has 0 bridgehead atoms. The van der Waals surface area contributed by atoms with Crippen molar-refractivity contribution in [2.24, 2.45) is 0 Å². The fraction of sp³-hybridized carbons (Fsp3) is 0.227. The van der Waals surface area contributed by atoms with Crippen molar-refractivity contribution in [3.63, 3.8) is 0 Å². The van der Waals surface area contributed by atoms with Gasteiger partial charge in [0.2, 0.25) is 11.8 Å². The Balaban J connectivity index is 1.46. The van der Waals surface area contributed by atoms with Crippen molar-refractivity contribution >= 4 is 22.5 Å². The maximum absolute atomic E-state index is 14.6. The van der Waals surface area contributed by atoms with E-state index in [9.17, 15) is 13.6 Å². The second-order valence-electron chi connectivity index (χ2n) is 8.11. The molecule has 0 aliphatic rings. The number of nitrogens with one attached hydrogen (secondary N) is 1. The number of amides is 1. The van der Waals surface area contributed by atoms with Crippen molar-refractivity contribution in [3.05, 3.63) is 66.5 Å². The summed E-state index contributed by atoms with van der Waals surface area (Å²) >= 11 is 0. The van der Waals surface area contributed by atoms with Crippen LogP contribution in [0.1, 0.15) is 26.5 Å². The molecule has 0 unspecified atom stereocenters. The van der Waals surface area contributed by atoms with Crippen LogP contribution in [0.15, 0.2) is 49.2 Å². The summed E-state index contributed by atoms with van der Waals surface area (Å²) in [6.07, 6.45) is 5.50. The standard InChI is InChI=1S/C22H20F2N6O2/c1-22(2,3)30-11-14(9-28-30)29-20(31)8-19-17(24)7-15(10-25-19)32-21-16-6-13(23)4-5-18(16)26-12-27-21/h4-7,9-12H,8H2,1-3H3,(H,29,31). The predicted octanol–water partition coefficient (Wildman–Crippen LogP) is 4.23. The third-order valence-electron chi connectivity index (χ3n) is 4.55. The van der Waals surface area contributed by atoms with Gasteiger partial charge in [-0.1, -0.05) is 0 Å². The summed E-state index contributed by atoms with van der Waals surface area (Å²) in [6.45, 7) is 5.94. The fourth-order valence-corrected chi connectivity index (χ4v) is 2.94. The van der Waals surface area contributed by atoms with Gasteiger partial charge in [0.25, 0.3) is 0 Å². The lowest BCUT2D eigenvalue weighted by molar-refractivity contribution is -0.115. The van der Waals surface area contributed by atoms with Crippen molar-refractivity contribution in [3.8, 4) is 11.6 Å². The van der Waals surface area contributed by atoms with Crippen LogP contribution < -0.4 is 10.1 Å². The van der Waals surface area contributed by atoms with E-state index in [0.29, 0.717) is 16.6 Å². The number of halogens is 2. The quantitative estimate of drug-likeness (QED) is 0.501. The largest absolute Gasteiger partial charge is 0.437 e. The molecule has 4 aromatic rings. The van der Waals surface area contributed by atoms with E-state index >= 15 is 0 Å². The molecule has 4 rings (SSSR count). The Hall–Kier alpha value is -3.95. The lowest BCUT2D eigenvalue weighted by Crippen LogP contribution is -2.22. The highest BCUT2D eigenvalue weighted by Crippen LogP contribution is 2.27. The Morgan fingerprint density at radius 2 is 1.94 bits per heavy atom. The molecule has 10 heteroatoms. The molecule has 3 heterocycles. The van der Waals surface area contributed by atoms with Crippen LogP contribution in [0.3, 0.4) is 0 Å². The lowest BCUT2D eigenvalue weighted by atomic mass is 10.1. The Bertz CT molecular complexity index is 1300. The van der Waals surface area contributed by atoms with Gasteiger partial charge in [-0.2, -0.15) is 5.10 Å². The zero-order valence-corrected chi connectivity index (χ0v) is 17.6. The molecule has 0 radical (unpaired) electrons. The van der Waals surface area contributed by atoms with Crippen LogP contribution in [-0.2, 0) is 16.8 Å². The molecule has 0 spiro atoms. The number of aromatic nitrogens is 5. The van der Waals surface area contributed by atoms with Crippen LogP contribution in [0.5, 0.6) is 11.6 Å². The first kappa shape index (κ1) is 21.3. The molecule has 3 aromatic heterocycles. The maximum Gasteiger partial charge on any atom is 0.230 e. The Labute approximate surface area is 182 Å². The maximum atomic E-state index is 14.6. The minimum atomic E-state index is -0.715. The normalized spacial score (nSPS) is 11.5. The number of hydrogen-bond acceptors (Lipinski definition) is 6. The van der Waals surface area contributed by atoms with Gasteiger partial charge in [-0.15, -0.1) is 0 Å². The third-order valence-corrected chi connectivity index (χ3v) is 4.55. The molecule has 1 aromatic carbocycles. The molecule has 164 valence electrons. The van der Waals surface area contributed by atoms with Crippen molar-refractivity contribution in [2.75, 3.05) is 5.32 Å². The summed E-state index contributed by atoms with van der Waals surface area (Å²) in [7, 11) is 0. The Morgan fingerprint density at radius 3 is 2.66 bits per heavy atom. The molecule has 8 nitrogen and oxygen atoms in total. The van der Waals surface area contributed by atoms with Gasteiger partial charge in [0, 0.05) is 12.3 Å². The molecule has 32 heavy (non-hydrogen) atoms. The van der Waals surface area contributed by atoms with E-state index in [1.807, 2.05) is 20.8 Å². The molecule has 0 aliphatic carbocycles. The van der Waals surface area contributed by atoms with Gasteiger partial charge < -0.3 is 10.1 Å². The number of fused-ring (bicyclic) bond motifs is 1.